The highest BCUT2D eigenvalue weighted by Gasteiger charge is 2.35. The molecule has 1 aliphatic heterocycles. The molecule has 1 aliphatic carbocycles. The van der Waals surface area contributed by atoms with Crippen LogP contribution in [-0.2, 0) is 5.41 Å². The van der Waals surface area contributed by atoms with Crippen LogP contribution in [0.2, 0.25) is 0 Å². The maximum absolute atomic E-state index is 12.3. The molecule has 2 heterocycles. The summed E-state index contributed by atoms with van der Waals surface area (Å²) in [7, 11) is 0. The van der Waals surface area contributed by atoms with E-state index >= 15 is 0 Å². The zero-order chi connectivity index (χ0) is 16.4. The summed E-state index contributed by atoms with van der Waals surface area (Å²) in [4.78, 5) is 12.3. The fourth-order valence-electron chi connectivity index (χ4n) is 3.77. The zero-order valence-electron chi connectivity index (χ0n) is 13.5. The highest BCUT2D eigenvalue weighted by molar-refractivity contribution is 5.93. The normalized spacial score (nSPS) is 18.3. The van der Waals surface area contributed by atoms with Gasteiger partial charge in [-0.2, -0.15) is 0 Å². The first-order valence-electron chi connectivity index (χ1n) is 8.47. The lowest BCUT2D eigenvalue weighted by Crippen LogP contribution is -2.42. The Morgan fingerprint density at radius 2 is 1.92 bits per heavy atom. The van der Waals surface area contributed by atoms with Gasteiger partial charge in [-0.3, -0.25) is 4.79 Å². The molecule has 0 atom stereocenters. The summed E-state index contributed by atoms with van der Waals surface area (Å²) in [6.07, 6.45) is 8.73. The molecule has 1 aromatic carbocycles. The minimum atomic E-state index is -0.0885. The second-order valence-electron chi connectivity index (χ2n) is 6.60. The molecule has 0 bridgehead atoms. The molecule has 1 N–H and O–H groups in total. The molecule has 2 aliphatic rings. The molecule has 0 unspecified atom stereocenters. The van der Waals surface area contributed by atoms with Crippen molar-refractivity contribution in [2.24, 2.45) is 0 Å². The average molecular weight is 327 g/mol. The van der Waals surface area contributed by atoms with E-state index in [0.717, 1.165) is 24.3 Å². The minimum Gasteiger partial charge on any atom is -0.472 e. The summed E-state index contributed by atoms with van der Waals surface area (Å²) in [5.41, 5.74) is 1.74. The number of ether oxygens (including phenoxy) is 2. The molecule has 1 saturated carbocycles. The summed E-state index contributed by atoms with van der Waals surface area (Å²) in [6.45, 7) is 0.902. The zero-order valence-corrected chi connectivity index (χ0v) is 13.5. The molecule has 1 aromatic heterocycles. The quantitative estimate of drug-likeness (QED) is 0.931. The van der Waals surface area contributed by atoms with Gasteiger partial charge in [-0.05, 0) is 36.6 Å². The summed E-state index contributed by atoms with van der Waals surface area (Å²) >= 11 is 0. The van der Waals surface area contributed by atoms with Gasteiger partial charge >= 0.3 is 0 Å². The molecular formula is C19H21NO4. The van der Waals surface area contributed by atoms with Crippen molar-refractivity contribution in [1.29, 1.82) is 0 Å². The van der Waals surface area contributed by atoms with Crippen molar-refractivity contribution in [3.63, 3.8) is 0 Å². The smallest absolute Gasteiger partial charge is 0.254 e. The van der Waals surface area contributed by atoms with Crippen molar-refractivity contribution in [3.05, 3.63) is 47.9 Å². The molecular weight excluding hydrogens is 306 g/mol. The van der Waals surface area contributed by atoms with Crippen molar-refractivity contribution >= 4 is 5.91 Å². The van der Waals surface area contributed by atoms with Gasteiger partial charge < -0.3 is 19.2 Å². The van der Waals surface area contributed by atoms with Gasteiger partial charge in [0.15, 0.2) is 11.5 Å². The van der Waals surface area contributed by atoms with Gasteiger partial charge in [-0.1, -0.05) is 25.3 Å². The number of hydrogen-bond donors (Lipinski definition) is 1. The second-order valence-corrected chi connectivity index (χ2v) is 6.60. The SMILES string of the molecule is O=C(NCC1(c2ccc3c(c2)OCO3)CCCCC1)c1ccoc1. The number of amides is 1. The molecule has 2 aromatic rings. The number of rotatable bonds is 4. The van der Waals surface area contributed by atoms with Crippen LogP contribution in [0.1, 0.15) is 48.0 Å². The number of carbonyl (C=O) groups excluding carboxylic acids is 1. The Hall–Kier alpha value is -2.43. The number of benzene rings is 1. The molecule has 0 saturated heterocycles. The molecule has 5 heteroatoms. The second kappa shape index (κ2) is 6.23. The van der Waals surface area contributed by atoms with Gasteiger partial charge in [0.25, 0.3) is 5.91 Å². The maximum atomic E-state index is 12.3. The molecule has 5 nitrogen and oxygen atoms in total. The van der Waals surface area contributed by atoms with Crippen LogP contribution in [0.3, 0.4) is 0 Å². The third-order valence-corrected chi connectivity index (χ3v) is 5.17. The molecule has 126 valence electrons. The van der Waals surface area contributed by atoms with Crippen LogP contribution in [-0.4, -0.2) is 19.2 Å². The monoisotopic (exact) mass is 327 g/mol. The van der Waals surface area contributed by atoms with E-state index in [4.69, 9.17) is 13.9 Å². The summed E-state index contributed by atoms with van der Waals surface area (Å²) in [5, 5.41) is 3.09. The van der Waals surface area contributed by atoms with Crippen molar-refractivity contribution in [2.45, 2.75) is 37.5 Å². The Morgan fingerprint density at radius 3 is 2.71 bits per heavy atom. The van der Waals surface area contributed by atoms with E-state index in [9.17, 15) is 4.79 Å². The summed E-state index contributed by atoms with van der Waals surface area (Å²) in [5.74, 6) is 1.51. The lowest BCUT2D eigenvalue weighted by molar-refractivity contribution is 0.0936. The first-order valence-corrected chi connectivity index (χ1v) is 8.47. The summed E-state index contributed by atoms with van der Waals surface area (Å²) < 4.78 is 16.0. The highest BCUT2D eigenvalue weighted by Crippen LogP contribution is 2.43. The van der Waals surface area contributed by atoms with Gasteiger partial charge in [0, 0.05) is 12.0 Å². The third-order valence-electron chi connectivity index (χ3n) is 5.17. The first-order chi connectivity index (χ1) is 11.8. The van der Waals surface area contributed by atoms with Gasteiger partial charge in [-0.15, -0.1) is 0 Å². The van der Waals surface area contributed by atoms with Crippen molar-refractivity contribution in [3.8, 4) is 11.5 Å². The summed E-state index contributed by atoms with van der Waals surface area (Å²) in [6, 6.07) is 7.86. The van der Waals surface area contributed by atoms with Crippen LogP contribution in [0.5, 0.6) is 11.5 Å². The van der Waals surface area contributed by atoms with Gasteiger partial charge in [0.2, 0.25) is 6.79 Å². The van der Waals surface area contributed by atoms with Crippen LogP contribution in [0.25, 0.3) is 0 Å². The molecule has 1 fully saturated rings. The highest BCUT2D eigenvalue weighted by atomic mass is 16.7. The van der Waals surface area contributed by atoms with Gasteiger partial charge in [0.1, 0.15) is 6.26 Å². The number of fused-ring (bicyclic) bond motifs is 1. The van der Waals surface area contributed by atoms with E-state index in [1.165, 1.54) is 37.4 Å². The first kappa shape index (κ1) is 15.1. The van der Waals surface area contributed by atoms with Gasteiger partial charge in [-0.25, -0.2) is 0 Å². The lowest BCUT2D eigenvalue weighted by atomic mass is 9.69. The minimum absolute atomic E-state index is 0.0430. The standard InChI is InChI=1S/C19H21NO4/c21-18(14-6-9-22-11-14)20-12-19(7-2-1-3-8-19)15-4-5-16-17(10-15)24-13-23-16/h4-6,9-11H,1-3,7-8,12-13H2,(H,20,21). The van der Waals surface area contributed by atoms with Crippen LogP contribution in [0, 0.1) is 0 Å². The Bertz CT molecular complexity index is 717. The number of carbonyl (C=O) groups is 1. The van der Waals surface area contributed by atoms with E-state index in [1.54, 1.807) is 6.07 Å². The van der Waals surface area contributed by atoms with Crippen LogP contribution < -0.4 is 14.8 Å². The van der Waals surface area contributed by atoms with Crippen molar-refractivity contribution in [1.82, 2.24) is 5.32 Å². The van der Waals surface area contributed by atoms with Crippen LogP contribution in [0.15, 0.2) is 41.2 Å². The third kappa shape index (κ3) is 2.75. The van der Waals surface area contributed by atoms with E-state index in [1.807, 2.05) is 6.07 Å². The maximum Gasteiger partial charge on any atom is 0.254 e. The Kier molecular flexibility index (Phi) is 3.92. The van der Waals surface area contributed by atoms with Crippen LogP contribution in [0.4, 0.5) is 0 Å². The Labute approximate surface area is 140 Å². The molecule has 24 heavy (non-hydrogen) atoms. The van der Waals surface area contributed by atoms with E-state index < -0.39 is 0 Å². The molecule has 0 radical (unpaired) electrons. The predicted octanol–water partition coefficient (Wildman–Crippen LogP) is 3.64. The Balaban J connectivity index is 1.57. The van der Waals surface area contributed by atoms with E-state index in [-0.39, 0.29) is 18.1 Å². The molecule has 4 rings (SSSR count). The lowest BCUT2D eigenvalue weighted by Gasteiger charge is -2.38. The Morgan fingerprint density at radius 1 is 1.08 bits per heavy atom. The van der Waals surface area contributed by atoms with Crippen LogP contribution >= 0.6 is 0 Å². The predicted molar refractivity (Wildman–Crippen MR) is 88.4 cm³/mol. The average Bonchev–Trinajstić information content (AvgIpc) is 3.31. The molecule has 1 amide bonds. The van der Waals surface area contributed by atoms with E-state index in [2.05, 4.69) is 17.4 Å². The fraction of sp³-hybridized carbons (Fsp3) is 0.421. The molecule has 0 spiro atoms. The van der Waals surface area contributed by atoms with Crippen molar-refractivity contribution < 1.29 is 18.7 Å². The van der Waals surface area contributed by atoms with E-state index in [0.29, 0.717) is 12.1 Å². The topological polar surface area (TPSA) is 60.7 Å². The largest absolute Gasteiger partial charge is 0.472 e. The number of hydrogen-bond acceptors (Lipinski definition) is 4. The van der Waals surface area contributed by atoms with Gasteiger partial charge in [0.05, 0.1) is 11.8 Å². The number of furan rings is 1. The fourth-order valence-corrected chi connectivity index (χ4v) is 3.77. The van der Waals surface area contributed by atoms with Crippen molar-refractivity contribution in [2.75, 3.05) is 13.3 Å². The number of nitrogens with one attached hydrogen (secondary N) is 1.